The van der Waals surface area contributed by atoms with Crippen molar-refractivity contribution in [2.45, 2.75) is 31.7 Å². The molecule has 0 saturated carbocycles. The number of nitrogen functional groups attached to an aromatic ring is 1. The lowest BCUT2D eigenvalue weighted by molar-refractivity contribution is -0.147. The molecule has 1 fully saturated rings. The fourth-order valence-corrected chi connectivity index (χ4v) is 3.30. The highest BCUT2D eigenvalue weighted by molar-refractivity contribution is 5.96. The number of methoxy groups -OCH3 is 1. The van der Waals surface area contributed by atoms with Crippen LogP contribution in [0.25, 0.3) is 0 Å². The molecule has 21 heavy (non-hydrogen) atoms. The minimum Gasteiger partial charge on any atom is -0.469 e. The molecule has 2 aliphatic heterocycles. The molecule has 0 spiro atoms. The van der Waals surface area contributed by atoms with Crippen LogP contribution in [0.1, 0.15) is 35.3 Å². The predicted octanol–water partition coefficient (Wildman–Crippen LogP) is 1.00. The average Bonchev–Trinajstić information content (AvgIpc) is 2.63. The van der Waals surface area contributed by atoms with Crippen LogP contribution in [0.5, 0.6) is 0 Å². The van der Waals surface area contributed by atoms with E-state index >= 15 is 0 Å². The number of aryl methyl sites for hydroxylation is 1. The van der Waals surface area contributed by atoms with Gasteiger partial charge in [-0.25, -0.2) is 4.98 Å². The summed E-state index contributed by atoms with van der Waals surface area (Å²) in [6.07, 6.45) is 3.21. The Balaban J connectivity index is 1.89. The molecule has 1 aromatic rings. The Morgan fingerprint density at radius 3 is 2.95 bits per heavy atom. The van der Waals surface area contributed by atoms with Crippen LogP contribution in [-0.2, 0) is 16.0 Å². The summed E-state index contributed by atoms with van der Waals surface area (Å²) in [5, 5.41) is 0. The standard InChI is InChI=1S/C15H19N3O3/c1-21-15(20)9-2-3-10-4-6-12-11(5-7-13(16)17-12)14(19)18(10)8-9/h5,7,9-10H,2-4,6,8H2,1H3,(H2,16,17)/t9-,10+/m1/s1. The summed E-state index contributed by atoms with van der Waals surface area (Å²) in [5.74, 6) is -0.0675. The van der Waals surface area contributed by atoms with Gasteiger partial charge in [-0.15, -0.1) is 0 Å². The van der Waals surface area contributed by atoms with E-state index in [1.807, 2.05) is 4.90 Å². The van der Waals surface area contributed by atoms with Gasteiger partial charge in [0.25, 0.3) is 5.91 Å². The van der Waals surface area contributed by atoms with E-state index in [1.165, 1.54) is 7.11 Å². The van der Waals surface area contributed by atoms with Crippen molar-refractivity contribution >= 4 is 17.7 Å². The molecule has 112 valence electrons. The normalized spacial score (nSPS) is 24.8. The number of rotatable bonds is 1. The number of piperidine rings is 1. The number of hydrogen-bond donors (Lipinski definition) is 1. The third-order valence-electron chi connectivity index (χ3n) is 4.44. The summed E-state index contributed by atoms with van der Waals surface area (Å²) < 4.78 is 4.82. The van der Waals surface area contributed by atoms with Crippen LogP contribution in [-0.4, -0.2) is 41.5 Å². The molecule has 0 aromatic carbocycles. The number of anilines is 1. The highest BCUT2D eigenvalue weighted by atomic mass is 16.5. The molecule has 0 unspecified atom stereocenters. The summed E-state index contributed by atoms with van der Waals surface area (Å²) in [6, 6.07) is 3.57. The van der Waals surface area contributed by atoms with Crippen molar-refractivity contribution in [1.29, 1.82) is 0 Å². The molecule has 3 heterocycles. The van der Waals surface area contributed by atoms with E-state index in [2.05, 4.69) is 4.98 Å². The third kappa shape index (κ3) is 2.46. The zero-order valence-corrected chi connectivity index (χ0v) is 12.0. The van der Waals surface area contributed by atoms with Crippen LogP contribution >= 0.6 is 0 Å². The topological polar surface area (TPSA) is 85.5 Å². The van der Waals surface area contributed by atoms with Crippen molar-refractivity contribution in [1.82, 2.24) is 9.88 Å². The molecule has 0 radical (unpaired) electrons. The second-order valence-electron chi connectivity index (χ2n) is 5.68. The number of hydrogen-bond acceptors (Lipinski definition) is 5. The van der Waals surface area contributed by atoms with Gasteiger partial charge in [0, 0.05) is 12.6 Å². The first kappa shape index (κ1) is 13.9. The second-order valence-corrected chi connectivity index (χ2v) is 5.68. The van der Waals surface area contributed by atoms with Crippen LogP contribution in [0.3, 0.4) is 0 Å². The van der Waals surface area contributed by atoms with Crippen LogP contribution < -0.4 is 5.73 Å². The fraction of sp³-hybridized carbons (Fsp3) is 0.533. The molecule has 0 aliphatic carbocycles. The van der Waals surface area contributed by atoms with E-state index in [0.717, 1.165) is 31.4 Å². The second kappa shape index (κ2) is 5.35. The lowest BCUT2D eigenvalue weighted by Gasteiger charge is -2.37. The zero-order chi connectivity index (χ0) is 15.0. The number of nitrogens with zero attached hydrogens (tertiary/aromatic N) is 2. The predicted molar refractivity (Wildman–Crippen MR) is 76.5 cm³/mol. The summed E-state index contributed by atoms with van der Waals surface area (Å²) >= 11 is 0. The summed E-state index contributed by atoms with van der Waals surface area (Å²) in [7, 11) is 1.39. The number of pyridine rings is 1. The first-order valence-electron chi connectivity index (χ1n) is 7.24. The van der Waals surface area contributed by atoms with E-state index in [4.69, 9.17) is 10.5 Å². The molecule has 2 atom stereocenters. The maximum atomic E-state index is 12.7. The Hall–Kier alpha value is -2.11. The Morgan fingerprint density at radius 1 is 1.38 bits per heavy atom. The maximum Gasteiger partial charge on any atom is 0.310 e. The van der Waals surface area contributed by atoms with Gasteiger partial charge < -0.3 is 15.4 Å². The minimum atomic E-state index is -0.235. The van der Waals surface area contributed by atoms with Gasteiger partial charge in [-0.1, -0.05) is 0 Å². The lowest BCUT2D eigenvalue weighted by atomic mass is 9.91. The van der Waals surface area contributed by atoms with Gasteiger partial charge in [0.1, 0.15) is 5.82 Å². The molecule has 6 nitrogen and oxygen atoms in total. The van der Waals surface area contributed by atoms with Crippen molar-refractivity contribution < 1.29 is 14.3 Å². The average molecular weight is 289 g/mol. The van der Waals surface area contributed by atoms with E-state index in [0.29, 0.717) is 17.9 Å². The first-order chi connectivity index (χ1) is 10.1. The van der Waals surface area contributed by atoms with Crippen LogP contribution in [0.2, 0.25) is 0 Å². The number of aromatic nitrogens is 1. The SMILES string of the molecule is COC(=O)[C@@H]1CC[C@H]2CCc3nc(N)ccc3C(=O)N2C1. The van der Waals surface area contributed by atoms with Gasteiger partial charge in [0.2, 0.25) is 0 Å². The molecular formula is C15H19N3O3. The molecular weight excluding hydrogens is 270 g/mol. The number of nitrogens with two attached hydrogens (primary N) is 1. The van der Waals surface area contributed by atoms with Crippen LogP contribution in [0.4, 0.5) is 5.82 Å². The quantitative estimate of drug-likeness (QED) is 0.780. The summed E-state index contributed by atoms with van der Waals surface area (Å²) in [5.41, 5.74) is 7.08. The van der Waals surface area contributed by atoms with Crippen molar-refractivity contribution in [3.63, 3.8) is 0 Å². The lowest BCUT2D eigenvalue weighted by Crippen LogP contribution is -2.48. The number of ether oxygens (including phenoxy) is 1. The Labute approximate surface area is 123 Å². The van der Waals surface area contributed by atoms with Gasteiger partial charge >= 0.3 is 5.97 Å². The Morgan fingerprint density at radius 2 is 2.19 bits per heavy atom. The molecule has 3 rings (SSSR count). The molecule has 6 heteroatoms. The molecule has 1 saturated heterocycles. The van der Waals surface area contributed by atoms with Gasteiger partial charge in [-0.3, -0.25) is 9.59 Å². The van der Waals surface area contributed by atoms with Crippen molar-refractivity contribution in [2.75, 3.05) is 19.4 Å². The molecule has 2 N–H and O–H groups in total. The van der Waals surface area contributed by atoms with E-state index in [1.54, 1.807) is 12.1 Å². The third-order valence-corrected chi connectivity index (χ3v) is 4.44. The number of esters is 1. The highest BCUT2D eigenvalue weighted by Crippen LogP contribution is 2.31. The zero-order valence-electron chi connectivity index (χ0n) is 12.0. The van der Waals surface area contributed by atoms with Crippen molar-refractivity contribution in [2.24, 2.45) is 5.92 Å². The first-order valence-corrected chi connectivity index (χ1v) is 7.24. The van der Waals surface area contributed by atoms with E-state index < -0.39 is 0 Å². The number of fused-ring (bicyclic) bond motifs is 2. The molecule has 1 amide bonds. The van der Waals surface area contributed by atoms with Gasteiger partial charge in [-0.05, 0) is 37.8 Å². The highest BCUT2D eigenvalue weighted by Gasteiger charge is 2.38. The Kier molecular flexibility index (Phi) is 3.53. The smallest absolute Gasteiger partial charge is 0.310 e. The van der Waals surface area contributed by atoms with Crippen molar-refractivity contribution in [3.05, 3.63) is 23.4 Å². The molecule has 1 aromatic heterocycles. The van der Waals surface area contributed by atoms with E-state index in [-0.39, 0.29) is 23.8 Å². The summed E-state index contributed by atoms with van der Waals surface area (Å²) in [4.78, 5) is 30.6. The largest absolute Gasteiger partial charge is 0.469 e. The summed E-state index contributed by atoms with van der Waals surface area (Å²) in [6.45, 7) is 0.431. The number of carbonyl (C=O) groups is 2. The van der Waals surface area contributed by atoms with Crippen LogP contribution in [0.15, 0.2) is 12.1 Å². The minimum absolute atomic E-state index is 0.0476. The fourth-order valence-electron chi connectivity index (χ4n) is 3.30. The van der Waals surface area contributed by atoms with Gasteiger partial charge in [-0.2, -0.15) is 0 Å². The van der Waals surface area contributed by atoms with Crippen LogP contribution in [0, 0.1) is 5.92 Å². The number of carbonyl (C=O) groups excluding carboxylic acids is 2. The monoisotopic (exact) mass is 289 g/mol. The van der Waals surface area contributed by atoms with Gasteiger partial charge in [0.15, 0.2) is 0 Å². The van der Waals surface area contributed by atoms with E-state index in [9.17, 15) is 9.59 Å². The molecule has 2 aliphatic rings. The molecule has 0 bridgehead atoms. The Bertz CT molecular complexity index is 588. The van der Waals surface area contributed by atoms with Gasteiger partial charge in [0.05, 0.1) is 24.3 Å². The van der Waals surface area contributed by atoms with Crippen molar-refractivity contribution in [3.8, 4) is 0 Å². The number of amides is 1. The maximum absolute atomic E-state index is 12.7.